The first-order valence-electron chi connectivity index (χ1n) is 7.88. The van der Waals surface area contributed by atoms with Crippen LogP contribution in [0.15, 0.2) is 40.8 Å². The second-order valence-corrected chi connectivity index (χ2v) is 8.57. The van der Waals surface area contributed by atoms with Crippen molar-refractivity contribution < 1.29 is 27.8 Å². The topological polar surface area (TPSA) is 89.9 Å². The van der Waals surface area contributed by atoms with Crippen LogP contribution in [-0.2, 0) is 24.1 Å². The maximum Gasteiger partial charge on any atom is 0.333 e. The Morgan fingerprint density at radius 2 is 1.80 bits per heavy atom. The van der Waals surface area contributed by atoms with Gasteiger partial charge >= 0.3 is 5.97 Å². The smallest absolute Gasteiger partial charge is 0.333 e. The zero-order valence-corrected chi connectivity index (χ0v) is 15.9. The lowest BCUT2D eigenvalue weighted by atomic mass is 9.93. The maximum absolute atomic E-state index is 12.6. The molecule has 0 heterocycles. The zero-order valence-electron chi connectivity index (χ0n) is 15.1. The molecule has 0 radical (unpaired) electrons. The van der Waals surface area contributed by atoms with Crippen molar-refractivity contribution in [1.29, 1.82) is 0 Å². The Morgan fingerprint density at radius 3 is 2.32 bits per heavy atom. The lowest BCUT2D eigenvalue weighted by molar-refractivity contribution is -0.133. The second-order valence-electron chi connectivity index (χ2n) is 6.58. The third kappa shape index (κ3) is 7.37. The zero-order chi connectivity index (χ0) is 19.1. The minimum Gasteiger partial charge on any atom is -0.478 e. The van der Waals surface area contributed by atoms with Crippen molar-refractivity contribution in [2.45, 2.75) is 25.7 Å². The molecule has 0 saturated carbocycles. The summed E-state index contributed by atoms with van der Waals surface area (Å²) < 4.78 is 35.3. The third-order valence-electron chi connectivity index (χ3n) is 3.47. The number of hydrogen-bond acceptors (Lipinski definition) is 5. The number of aliphatic carboxylic acids is 1. The van der Waals surface area contributed by atoms with E-state index in [-0.39, 0.29) is 29.4 Å². The van der Waals surface area contributed by atoms with Crippen molar-refractivity contribution in [2.75, 3.05) is 32.7 Å². The van der Waals surface area contributed by atoms with E-state index >= 15 is 0 Å². The van der Waals surface area contributed by atoms with E-state index in [2.05, 4.69) is 0 Å². The van der Waals surface area contributed by atoms with E-state index in [9.17, 15) is 18.3 Å². The summed E-state index contributed by atoms with van der Waals surface area (Å²) in [4.78, 5) is 11.6. The SMILES string of the molecule is COCCOC/C(=C\C(C)(C)CS(=O)(=O)c1ccc(C)cc1)C(=O)O. The number of methoxy groups -OCH3 is 1. The number of sulfone groups is 1. The predicted octanol–water partition coefficient (Wildman–Crippen LogP) is 2.47. The number of carboxylic acid groups (broad SMARTS) is 1. The number of ether oxygens (including phenoxy) is 2. The Balaban J connectivity index is 2.92. The molecule has 1 aromatic carbocycles. The molecular weight excluding hydrogens is 344 g/mol. The standard InChI is InChI=1S/C18H26O6S/c1-14-5-7-16(8-6-14)25(21,22)13-18(2,3)11-15(17(19)20)12-24-10-9-23-4/h5-8,11H,9-10,12-13H2,1-4H3,(H,19,20)/b15-11+. The summed E-state index contributed by atoms with van der Waals surface area (Å²) in [5.74, 6) is -1.32. The largest absolute Gasteiger partial charge is 0.478 e. The maximum atomic E-state index is 12.6. The molecule has 0 aliphatic carbocycles. The first-order chi connectivity index (χ1) is 11.6. The van der Waals surface area contributed by atoms with Gasteiger partial charge in [0, 0.05) is 7.11 Å². The van der Waals surface area contributed by atoms with Crippen LogP contribution in [-0.4, -0.2) is 52.2 Å². The lowest BCUT2D eigenvalue weighted by Gasteiger charge is -2.21. The number of carboxylic acids is 1. The van der Waals surface area contributed by atoms with Crippen LogP contribution in [0.5, 0.6) is 0 Å². The molecule has 25 heavy (non-hydrogen) atoms. The molecule has 1 aromatic rings. The molecule has 7 heteroatoms. The van der Waals surface area contributed by atoms with Gasteiger partial charge in [0.25, 0.3) is 0 Å². The van der Waals surface area contributed by atoms with Crippen molar-refractivity contribution in [1.82, 2.24) is 0 Å². The van der Waals surface area contributed by atoms with Gasteiger partial charge in [-0.1, -0.05) is 37.6 Å². The molecule has 140 valence electrons. The summed E-state index contributed by atoms with van der Waals surface area (Å²) in [6, 6.07) is 6.61. The predicted molar refractivity (Wildman–Crippen MR) is 95.4 cm³/mol. The number of hydrogen-bond donors (Lipinski definition) is 1. The van der Waals surface area contributed by atoms with Crippen LogP contribution in [0.4, 0.5) is 0 Å². The van der Waals surface area contributed by atoms with Gasteiger partial charge in [0.15, 0.2) is 9.84 Å². The van der Waals surface area contributed by atoms with Crippen molar-refractivity contribution in [3.8, 4) is 0 Å². The van der Waals surface area contributed by atoms with Gasteiger partial charge in [-0.05, 0) is 24.5 Å². The summed E-state index contributed by atoms with van der Waals surface area (Å²) in [5, 5.41) is 9.31. The Kier molecular flexibility index (Phi) is 7.79. The minimum atomic E-state index is -3.53. The average Bonchev–Trinajstić information content (AvgIpc) is 2.49. The van der Waals surface area contributed by atoms with Gasteiger partial charge in [-0.2, -0.15) is 0 Å². The molecule has 0 spiro atoms. The molecule has 6 nitrogen and oxygen atoms in total. The number of rotatable bonds is 10. The first-order valence-corrected chi connectivity index (χ1v) is 9.54. The highest BCUT2D eigenvalue weighted by molar-refractivity contribution is 7.91. The van der Waals surface area contributed by atoms with E-state index < -0.39 is 21.2 Å². The molecule has 1 rings (SSSR count). The molecule has 0 aliphatic heterocycles. The first kappa shape index (κ1) is 21.3. The fourth-order valence-electron chi connectivity index (χ4n) is 2.32. The van der Waals surface area contributed by atoms with Gasteiger partial charge in [-0.3, -0.25) is 0 Å². The van der Waals surface area contributed by atoms with E-state index in [1.165, 1.54) is 13.2 Å². The molecule has 0 aromatic heterocycles. The summed E-state index contributed by atoms with van der Waals surface area (Å²) in [6.45, 7) is 5.79. The molecule has 1 N–H and O–H groups in total. The summed E-state index contributed by atoms with van der Waals surface area (Å²) in [5.41, 5.74) is 0.141. The van der Waals surface area contributed by atoms with Gasteiger partial charge in [0.1, 0.15) is 0 Å². The molecule has 0 fully saturated rings. The monoisotopic (exact) mass is 370 g/mol. The number of aryl methyl sites for hydroxylation is 1. The van der Waals surface area contributed by atoms with Gasteiger partial charge in [0.2, 0.25) is 0 Å². The molecule has 0 bridgehead atoms. The van der Waals surface area contributed by atoms with E-state index in [0.29, 0.717) is 6.61 Å². The normalized spacial score (nSPS) is 13.0. The summed E-state index contributed by atoms with van der Waals surface area (Å²) in [6.07, 6.45) is 1.45. The van der Waals surface area contributed by atoms with Gasteiger partial charge < -0.3 is 14.6 Å². The third-order valence-corrected chi connectivity index (χ3v) is 5.59. The van der Waals surface area contributed by atoms with E-state index in [4.69, 9.17) is 9.47 Å². The van der Waals surface area contributed by atoms with Crippen LogP contribution in [0.2, 0.25) is 0 Å². The lowest BCUT2D eigenvalue weighted by Crippen LogP contribution is -2.24. The highest BCUT2D eigenvalue weighted by Gasteiger charge is 2.27. The number of carbonyl (C=O) groups is 1. The van der Waals surface area contributed by atoms with Crippen molar-refractivity contribution >= 4 is 15.8 Å². The van der Waals surface area contributed by atoms with Crippen LogP contribution in [0, 0.1) is 12.3 Å². The quantitative estimate of drug-likeness (QED) is 0.503. The number of allylic oxidation sites excluding steroid dienone is 1. The highest BCUT2D eigenvalue weighted by atomic mass is 32.2. The highest BCUT2D eigenvalue weighted by Crippen LogP contribution is 2.26. The van der Waals surface area contributed by atoms with E-state index in [0.717, 1.165) is 5.56 Å². The van der Waals surface area contributed by atoms with Crippen molar-refractivity contribution in [3.63, 3.8) is 0 Å². The molecule has 0 aliphatic rings. The Bertz CT molecular complexity index is 702. The van der Waals surface area contributed by atoms with E-state index in [1.807, 2.05) is 6.92 Å². The fourth-order valence-corrected chi connectivity index (χ4v) is 4.10. The average molecular weight is 370 g/mol. The number of benzene rings is 1. The fraction of sp³-hybridized carbons (Fsp3) is 0.500. The summed E-state index contributed by atoms with van der Waals surface area (Å²) in [7, 11) is -2.01. The molecule has 0 atom stereocenters. The molecular formula is C18H26O6S. The van der Waals surface area contributed by atoms with Gasteiger partial charge in [0.05, 0.1) is 36.0 Å². The molecule has 0 amide bonds. The van der Waals surface area contributed by atoms with Crippen LogP contribution in [0.1, 0.15) is 19.4 Å². The Labute approximate surface area is 149 Å². The summed E-state index contributed by atoms with van der Waals surface area (Å²) >= 11 is 0. The Hall–Kier alpha value is -1.70. The van der Waals surface area contributed by atoms with Crippen molar-refractivity contribution in [2.24, 2.45) is 5.41 Å². The van der Waals surface area contributed by atoms with Crippen LogP contribution >= 0.6 is 0 Å². The van der Waals surface area contributed by atoms with Crippen LogP contribution < -0.4 is 0 Å². The molecule has 0 saturated heterocycles. The van der Waals surface area contributed by atoms with Crippen LogP contribution in [0.3, 0.4) is 0 Å². The van der Waals surface area contributed by atoms with Gasteiger partial charge in [-0.25, -0.2) is 13.2 Å². The van der Waals surface area contributed by atoms with Gasteiger partial charge in [-0.15, -0.1) is 0 Å². The second kappa shape index (κ2) is 9.12. The molecule has 0 unspecified atom stereocenters. The van der Waals surface area contributed by atoms with E-state index in [1.54, 1.807) is 38.1 Å². The minimum absolute atomic E-state index is 0.0280. The van der Waals surface area contributed by atoms with Crippen molar-refractivity contribution in [3.05, 3.63) is 41.5 Å². The van der Waals surface area contributed by atoms with Crippen LogP contribution in [0.25, 0.3) is 0 Å². The Morgan fingerprint density at radius 1 is 1.20 bits per heavy atom.